The summed E-state index contributed by atoms with van der Waals surface area (Å²) in [5, 5.41) is 5.58. The van der Waals surface area contributed by atoms with Gasteiger partial charge in [0.1, 0.15) is 0 Å². The lowest BCUT2D eigenvalue weighted by Crippen LogP contribution is -2.52. The van der Waals surface area contributed by atoms with E-state index in [4.69, 9.17) is 4.74 Å². The third-order valence-electron chi connectivity index (χ3n) is 5.91. The van der Waals surface area contributed by atoms with Gasteiger partial charge in [-0.05, 0) is 44.0 Å². The standard InChI is InChI=1S/C20H25N5O2S/c1-25-12-21-24-17(25)8-20(10-27-11-20)14-3-2-4-15(7-14)22-18(26)19-23-16(9-28-19)13-5-6-13/h2-4,7,9,13,17,21,24H,5-6,8,10-12H2,1H3,(H,22,26). The summed E-state index contributed by atoms with van der Waals surface area (Å²) in [5.41, 5.74) is 9.57. The summed E-state index contributed by atoms with van der Waals surface area (Å²) in [7, 11) is 2.10. The molecular formula is C20H25N5O2S. The molecule has 3 aliphatic rings. The van der Waals surface area contributed by atoms with Crippen LogP contribution in [0.25, 0.3) is 0 Å². The minimum atomic E-state index is -0.130. The maximum Gasteiger partial charge on any atom is 0.284 e. The summed E-state index contributed by atoms with van der Waals surface area (Å²) in [6, 6.07) is 8.16. The Hall–Kier alpha value is -1.84. The molecule has 28 heavy (non-hydrogen) atoms. The molecule has 148 valence electrons. The van der Waals surface area contributed by atoms with Gasteiger partial charge in [-0.2, -0.15) is 0 Å². The second-order valence-corrected chi connectivity index (χ2v) is 8.97. The first-order chi connectivity index (χ1) is 13.6. The van der Waals surface area contributed by atoms with Crippen molar-refractivity contribution in [1.82, 2.24) is 20.7 Å². The van der Waals surface area contributed by atoms with Gasteiger partial charge in [0.25, 0.3) is 5.91 Å². The normalized spacial score (nSPS) is 24.1. The SMILES string of the molecule is CN1CNNC1CC1(c2cccc(NC(=O)c3nc(C4CC4)cs3)c2)COC1. The van der Waals surface area contributed by atoms with Crippen molar-refractivity contribution < 1.29 is 9.53 Å². The van der Waals surface area contributed by atoms with Crippen LogP contribution in [0.3, 0.4) is 0 Å². The van der Waals surface area contributed by atoms with E-state index in [1.165, 1.54) is 29.7 Å². The van der Waals surface area contributed by atoms with E-state index in [0.717, 1.165) is 24.5 Å². The molecule has 1 aromatic heterocycles. The van der Waals surface area contributed by atoms with E-state index in [1.807, 2.05) is 17.5 Å². The number of rotatable bonds is 6. The Morgan fingerprint density at radius 2 is 2.29 bits per heavy atom. The van der Waals surface area contributed by atoms with Crippen LogP contribution < -0.4 is 16.2 Å². The van der Waals surface area contributed by atoms with Crippen molar-refractivity contribution in [2.75, 3.05) is 32.2 Å². The highest BCUT2D eigenvalue weighted by Gasteiger charge is 2.43. The molecule has 3 N–H and O–H groups in total. The molecule has 1 saturated carbocycles. The van der Waals surface area contributed by atoms with Gasteiger partial charge in [-0.25, -0.2) is 15.8 Å². The molecule has 1 atom stereocenters. The van der Waals surface area contributed by atoms with Crippen LogP contribution in [0.4, 0.5) is 5.69 Å². The van der Waals surface area contributed by atoms with Crippen LogP contribution in [-0.2, 0) is 10.2 Å². The Balaban J connectivity index is 1.31. The fourth-order valence-electron chi connectivity index (χ4n) is 3.90. The van der Waals surface area contributed by atoms with Gasteiger partial charge >= 0.3 is 0 Å². The number of hydrogen-bond donors (Lipinski definition) is 3. The van der Waals surface area contributed by atoms with Gasteiger partial charge < -0.3 is 10.1 Å². The fraction of sp³-hybridized carbons (Fsp3) is 0.500. The number of hydrazine groups is 1. The molecule has 2 aromatic rings. The van der Waals surface area contributed by atoms with Crippen molar-refractivity contribution in [2.45, 2.75) is 36.8 Å². The Morgan fingerprint density at radius 3 is 2.96 bits per heavy atom. The number of carbonyl (C=O) groups excluding carboxylic acids is 1. The molecule has 3 fully saturated rings. The molecule has 1 unspecified atom stereocenters. The number of carbonyl (C=O) groups is 1. The van der Waals surface area contributed by atoms with E-state index >= 15 is 0 Å². The number of thiazole rings is 1. The summed E-state index contributed by atoms with van der Waals surface area (Å²) >= 11 is 1.43. The van der Waals surface area contributed by atoms with Gasteiger partial charge in [0.05, 0.1) is 31.7 Å². The van der Waals surface area contributed by atoms with Crippen molar-refractivity contribution in [1.29, 1.82) is 0 Å². The van der Waals surface area contributed by atoms with E-state index in [0.29, 0.717) is 24.1 Å². The van der Waals surface area contributed by atoms with Crippen molar-refractivity contribution in [2.24, 2.45) is 0 Å². The maximum atomic E-state index is 12.6. The van der Waals surface area contributed by atoms with Crippen LogP contribution in [0.15, 0.2) is 29.6 Å². The Labute approximate surface area is 168 Å². The average molecular weight is 400 g/mol. The first kappa shape index (κ1) is 18.2. The fourth-order valence-corrected chi connectivity index (χ4v) is 4.70. The van der Waals surface area contributed by atoms with E-state index < -0.39 is 0 Å². The zero-order valence-electron chi connectivity index (χ0n) is 15.9. The Morgan fingerprint density at radius 1 is 1.43 bits per heavy atom. The Kier molecular flexibility index (Phi) is 4.68. The third-order valence-corrected chi connectivity index (χ3v) is 6.77. The number of nitrogens with zero attached hydrogens (tertiary/aromatic N) is 2. The number of ether oxygens (including phenoxy) is 1. The van der Waals surface area contributed by atoms with Crippen LogP contribution in [0.5, 0.6) is 0 Å². The molecular weight excluding hydrogens is 374 g/mol. The number of anilines is 1. The average Bonchev–Trinajstić information content (AvgIpc) is 3.25. The van der Waals surface area contributed by atoms with Gasteiger partial charge in [0.15, 0.2) is 5.01 Å². The second kappa shape index (κ2) is 7.20. The molecule has 1 aromatic carbocycles. The van der Waals surface area contributed by atoms with Crippen LogP contribution in [-0.4, -0.2) is 48.9 Å². The lowest BCUT2D eigenvalue weighted by molar-refractivity contribution is -0.0735. The number of aromatic nitrogens is 1. The molecule has 1 amide bonds. The smallest absolute Gasteiger partial charge is 0.284 e. The quantitative estimate of drug-likeness (QED) is 0.692. The molecule has 5 rings (SSSR count). The predicted molar refractivity (Wildman–Crippen MR) is 108 cm³/mol. The minimum Gasteiger partial charge on any atom is -0.379 e. The number of amides is 1. The van der Waals surface area contributed by atoms with Gasteiger partial charge in [0, 0.05) is 22.4 Å². The molecule has 7 nitrogen and oxygen atoms in total. The molecule has 3 heterocycles. The lowest BCUT2D eigenvalue weighted by Gasteiger charge is -2.44. The zero-order chi connectivity index (χ0) is 19.1. The van der Waals surface area contributed by atoms with Gasteiger partial charge in [-0.1, -0.05) is 12.1 Å². The highest BCUT2D eigenvalue weighted by Crippen LogP contribution is 2.40. The van der Waals surface area contributed by atoms with E-state index in [9.17, 15) is 4.79 Å². The highest BCUT2D eigenvalue weighted by atomic mass is 32.1. The van der Waals surface area contributed by atoms with E-state index in [2.05, 4.69) is 45.2 Å². The third kappa shape index (κ3) is 3.46. The minimum absolute atomic E-state index is 0.0288. The second-order valence-electron chi connectivity index (χ2n) is 8.12. The maximum absolute atomic E-state index is 12.6. The largest absolute Gasteiger partial charge is 0.379 e. The van der Waals surface area contributed by atoms with Crippen LogP contribution >= 0.6 is 11.3 Å². The summed E-state index contributed by atoms with van der Waals surface area (Å²) in [6.07, 6.45) is 3.60. The monoisotopic (exact) mass is 399 g/mol. The lowest BCUT2D eigenvalue weighted by atomic mass is 9.74. The number of nitrogens with one attached hydrogen (secondary N) is 3. The van der Waals surface area contributed by atoms with Gasteiger partial charge in [-0.15, -0.1) is 11.3 Å². The first-order valence-electron chi connectivity index (χ1n) is 9.77. The molecule has 0 radical (unpaired) electrons. The summed E-state index contributed by atoms with van der Waals surface area (Å²) in [5.74, 6) is 0.436. The van der Waals surface area contributed by atoms with Crippen LogP contribution in [0, 0.1) is 0 Å². The van der Waals surface area contributed by atoms with E-state index in [-0.39, 0.29) is 17.5 Å². The van der Waals surface area contributed by atoms with Gasteiger partial charge in [-0.3, -0.25) is 9.69 Å². The van der Waals surface area contributed by atoms with Gasteiger partial charge in [0.2, 0.25) is 0 Å². The molecule has 2 saturated heterocycles. The summed E-state index contributed by atoms with van der Waals surface area (Å²) in [6.45, 7) is 2.23. The van der Waals surface area contributed by atoms with Crippen LogP contribution in [0.2, 0.25) is 0 Å². The first-order valence-corrected chi connectivity index (χ1v) is 10.6. The zero-order valence-corrected chi connectivity index (χ0v) is 16.7. The molecule has 0 bridgehead atoms. The summed E-state index contributed by atoms with van der Waals surface area (Å²) < 4.78 is 5.60. The predicted octanol–water partition coefficient (Wildman–Crippen LogP) is 2.25. The number of hydrogen-bond acceptors (Lipinski definition) is 7. The van der Waals surface area contributed by atoms with E-state index in [1.54, 1.807) is 0 Å². The van der Waals surface area contributed by atoms with Crippen molar-refractivity contribution in [3.63, 3.8) is 0 Å². The molecule has 8 heteroatoms. The van der Waals surface area contributed by atoms with Crippen LogP contribution in [0.1, 0.15) is 46.2 Å². The van der Waals surface area contributed by atoms with Crippen molar-refractivity contribution >= 4 is 22.9 Å². The van der Waals surface area contributed by atoms with Crippen molar-refractivity contribution in [3.05, 3.63) is 45.9 Å². The highest BCUT2D eigenvalue weighted by molar-refractivity contribution is 7.11. The molecule has 0 spiro atoms. The topological polar surface area (TPSA) is 78.5 Å². The van der Waals surface area contributed by atoms with Crippen molar-refractivity contribution in [3.8, 4) is 0 Å². The summed E-state index contributed by atoms with van der Waals surface area (Å²) in [4.78, 5) is 19.4. The molecule has 2 aliphatic heterocycles. The Bertz CT molecular complexity index is 877. The molecule has 1 aliphatic carbocycles. The number of benzene rings is 1.